The quantitative estimate of drug-likeness (QED) is 0.0402. The van der Waals surface area contributed by atoms with Crippen molar-refractivity contribution < 1.29 is 189 Å². The van der Waals surface area contributed by atoms with Gasteiger partial charge in [0.25, 0.3) is 0 Å². The molecule has 4 aliphatic rings. The van der Waals surface area contributed by atoms with E-state index >= 15 is 105 Å². The zero-order valence-electron chi connectivity index (χ0n) is 52.3. The van der Waals surface area contributed by atoms with Crippen LogP contribution in [-0.4, -0.2) is 19.9 Å². The van der Waals surface area contributed by atoms with Gasteiger partial charge in [0.1, 0.15) is 0 Å². The molecule has 2 radical (unpaired) electrons. The van der Waals surface area contributed by atoms with Crippen LogP contribution in [0.15, 0.2) is 24.3 Å². The predicted octanol–water partition coefficient (Wildman–Crippen LogP) is 19.9. The number of nitrogens with zero attached hydrogens (tertiary/aromatic N) is 6. The molecule has 0 aliphatic carbocycles. The molecule has 0 fully saturated rings. The minimum atomic E-state index is -2.93. The number of hydrogen-bond donors (Lipinski definition) is 0. The maximum Gasteiger partial charge on any atom is 0 e. The summed E-state index contributed by atoms with van der Waals surface area (Å²) in [7, 11) is 0. The Labute approximate surface area is 624 Å². The molecule has 13 rings (SSSR count). The molecule has 42 heteroatoms. The molecule has 9 aromatic rings. The molecule has 112 heavy (non-hydrogen) atoms. The van der Waals surface area contributed by atoms with E-state index in [1.165, 1.54) is 0 Å². The summed E-state index contributed by atoms with van der Waals surface area (Å²) in [6.07, 6.45) is 2.62. The first-order valence-corrected chi connectivity index (χ1v) is 28.1. The Hall–Kier alpha value is -11.7. The van der Waals surface area contributed by atoms with Crippen LogP contribution in [0, 0.1) is 201 Å². The van der Waals surface area contributed by atoms with E-state index in [2.05, 4.69) is 56.5 Å². The van der Waals surface area contributed by atoms with Crippen molar-refractivity contribution in [2.75, 3.05) is 0 Å². The topological polar surface area (TPSA) is 159 Å². The summed E-state index contributed by atoms with van der Waals surface area (Å²) < 4.78 is 502. The number of benzene rings is 6. The molecule has 4 aliphatic heterocycles. The third-order valence-corrected chi connectivity index (χ3v) is 15.7. The van der Waals surface area contributed by atoms with Gasteiger partial charge in [0.05, 0.1) is 78.9 Å². The van der Waals surface area contributed by atoms with Crippen molar-refractivity contribution in [3.63, 3.8) is 0 Å². The van der Waals surface area contributed by atoms with E-state index in [9.17, 15) is 26.3 Å². The molecule has 0 saturated carbocycles. The average Bonchev–Trinajstić information content (AvgIpc) is 1.65. The molecule has 7 heterocycles. The summed E-state index contributed by atoms with van der Waals surface area (Å²) in [6.45, 7) is 18.0. The fourth-order valence-corrected chi connectivity index (χ4v) is 11.1. The van der Waals surface area contributed by atoms with Gasteiger partial charge in [-0.3, -0.25) is 0 Å². The SMILES string of the molecule is Fc1c(F)c(F)c(-c2c3nc(c(-c4c(F)c(F)c(F)c(F)c4F)c4ccc([n-]4)c(-c4c(F)c(F)c(F)c(F)c4F)c4nc(c(-c5c(F)c(F)c(F)c(F)c5F)c5nc(c(-c6c(F)c(F)c(F)c(F)c6F)c6ccc([n-]6)c(-c6c(F)c(F)c(F)c(F)c6F)c6nc2C=C6)C=C5)C=C4)C=C3)c(F)c1F.[C-]#[O+].[C-]#[O+].[C-]#[O+].[C-]#[O+].[Rh].[Rh]. The first-order valence-electron chi connectivity index (χ1n) is 28.1. The first kappa shape index (κ1) is 87.6. The van der Waals surface area contributed by atoms with E-state index in [0.717, 1.165) is 0 Å². The number of aromatic nitrogens is 6. The summed E-state index contributed by atoms with van der Waals surface area (Å²) in [4.78, 5) is 23.1. The van der Waals surface area contributed by atoms with Crippen molar-refractivity contribution in [1.29, 1.82) is 0 Å². The van der Waals surface area contributed by atoms with E-state index < -0.39 is 309 Å². The third kappa shape index (κ3) is 14.0. The second kappa shape index (κ2) is 33.9. The predicted molar refractivity (Wildman–Crippen MR) is 313 cm³/mol. The Morgan fingerprint density at radius 1 is 0.161 bits per heavy atom. The van der Waals surface area contributed by atoms with Crippen LogP contribution >= 0.6 is 0 Å². The number of hydrogen-bond acceptors (Lipinski definition) is 4. The molecule has 3 aromatic heterocycles. The molecule has 0 spiro atoms. The first-order chi connectivity index (χ1) is 52.1. The van der Waals surface area contributed by atoms with Gasteiger partial charge in [0.2, 0.25) is 34.9 Å². The maximum absolute atomic E-state index is 16.4. The molecule has 576 valence electrons. The summed E-state index contributed by atoms with van der Waals surface area (Å²) in [5.41, 5.74) is -40.2. The molecule has 0 amide bonds. The van der Waals surface area contributed by atoms with Gasteiger partial charge < -0.3 is 9.97 Å². The van der Waals surface area contributed by atoms with Crippen LogP contribution in [-0.2, 0) is 57.6 Å². The van der Waals surface area contributed by atoms with E-state index in [0.29, 0.717) is 72.9 Å². The Morgan fingerprint density at radius 3 is 0.384 bits per heavy atom. The van der Waals surface area contributed by atoms with Crippen LogP contribution < -0.4 is 9.97 Å². The minimum Gasteiger partial charge on any atom is 0 e. The van der Waals surface area contributed by atoms with Crippen LogP contribution in [0.2, 0.25) is 0 Å². The van der Waals surface area contributed by atoms with Gasteiger partial charge in [-0.25, -0.2) is 152 Å². The molecule has 0 saturated heterocycles. The van der Waals surface area contributed by atoms with Gasteiger partial charge >= 0.3 is 45.2 Å². The molecule has 10 nitrogen and oxygen atoms in total. The van der Waals surface area contributed by atoms with Crippen LogP contribution in [0.5, 0.6) is 0 Å². The van der Waals surface area contributed by atoms with Gasteiger partial charge in [-0.05, 0) is 70.9 Å². The maximum atomic E-state index is 16.4. The second-order valence-electron chi connectivity index (χ2n) is 21.2. The fraction of sp³-hybridized carbons (Fsp3) is 0. The van der Waals surface area contributed by atoms with Gasteiger partial charge in [-0.2, -0.15) is 0 Å². The second-order valence-corrected chi connectivity index (χ2v) is 21.2. The Morgan fingerprint density at radius 2 is 0.259 bits per heavy atom. The molecular weight excluding hydrogens is 1760 g/mol. The van der Waals surface area contributed by atoms with Crippen molar-refractivity contribution in [1.82, 2.24) is 29.9 Å². The fourth-order valence-electron chi connectivity index (χ4n) is 11.1. The van der Waals surface area contributed by atoms with Crippen molar-refractivity contribution in [3.05, 3.63) is 271 Å². The van der Waals surface area contributed by atoms with E-state index in [1.54, 1.807) is 0 Å². The molecule has 0 N–H and O–H groups in total. The van der Waals surface area contributed by atoms with Crippen molar-refractivity contribution >= 4 is 70.7 Å². The summed E-state index contributed by atoms with van der Waals surface area (Å²) >= 11 is 0. The standard InChI is InChI=1S/C66H12F30N6.4CO.2Rh/c67-37-31(38(68)50(80)61(91)49(37)79)25-13-1-2-14(97-13)26(32-39(69)51(81)62(92)52(82)40(32)70)16-5-6-18(99-16)28(34-43(73)55(85)64(94)56(86)44(34)74)20-9-10-22(101-20)30(36-47(77)59(89)66(96)60(90)48(36)78)24-12-11-23(102-24)29(35-45(75)57(87)65(95)58(88)46(35)76)21-8-7-19(100-21)27(17-4-3-15(25)98-17)33-41(71)53(83)63(93)54(84)42(33)72;4*1-2;;/h1-12H;;;;;;/q-2;;;;;;. The zero-order valence-corrected chi connectivity index (χ0v) is 55.5. The zero-order chi connectivity index (χ0) is 81.9. The monoisotopic (exact) mass is 1780 g/mol. The smallest absolute Gasteiger partial charge is 0 e. The number of fused-ring (bicyclic) bond motifs is 12. The minimum absolute atomic E-state index is 0. The molecular formula is C70H12F30N6O4Rh2-2. The van der Waals surface area contributed by atoms with E-state index in [4.69, 9.17) is 18.6 Å². The summed E-state index contributed by atoms with van der Waals surface area (Å²) in [6, 6.07) is 1.31. The van der Waals surface area contributed by atoms with Crippen LogP contribution in [0.25, 0.3) is 137 Å². The molecule has 6 aromatic carbocycles. The normalized spacial score (nSPS) is 11.4. The largest absolute Gasteiger partial charge is 0 e. The molecule has 0 atom stereocenters. The average molecular weight is 1780 g/mol. The number of rotatable bonds is 6. The van der Waals surface area contributed by atoms with Crippen LogP contribution in [0.3, 0.4) is 0 Å². The number of halogens is 30. The van der Waals surface area contributed by atoms with Gasteiger partial charge in [0, 0.05) is 50.1 Å². The van der Waals surface area contributed by atoms with Gasteiger partial charge in [-0.1, -0.05) is 24.3 Å². The van der Waals surface area contributed by atoms with E-state index in [-0.39, 0.29) is 39.0 Å². The van der Waals surface area contributed by atoms with Gasteiger partial charge in [0.15, 0.2) is 140 Å². The third-order valence-electron chi connectivity index (χ3n) is 15.7. The summed E-state index contributed by atoms with van der Waals surface area (Å²) in [5.74, 6) is -86.7. The van der Waals surface area contributed by atoms with Crippen LogP contribution in [0.1, 0.15) is 45.6 Å². The van der Waals surface area contributed by atoms with Crippen LogP contribution in [0.4, 0.5) is 132 Å². The van der Waals surface area contributed by atoms with Gasteiger partial charge in [-0.15, -0.1) is 22.1 Å². The summed E-state index contributed by atoms with van der Waals surface area (Å²) in [5, 5.41) is 0. The van der Waals surface area contributed by atoms with E-state index in [1.807, 2.05) is 0 Å². The van der Waals surface area contributed by atoms with Crippen molar-refractivity contribution in [3.8, 4) is 66.8 Å². The Kier molecular flexibility index (Phi) is 26.5. The molecule has 12 bridgehead atoms. The van der Waals surface area contributed by atoms with Crippen molar-refractivity contribution in [2.45, 2.75) is 0 Å². The Bertz CT molecular complexity index is 5340. The van der Waals surface area contributed by atoms with Crippen molar-refractivity contribution in [2.24, 2.45) is 0 Å². The molecule has 0 unspecified atom stereocenters. The Balaban J connectivity index is 0.00000169.